The van der Waals surface area contributed by atoms with Gasteiger partial charge in [0.15, 0.2) is 0 Å². The van der Waals surface area contributed by atoms with Gasteiger partial charge in [0, 0.05) is 18.0 Å². The van der Waals surface area contributed by atoms with E-state index in [1.807, 2.05) is 0 Å². The smallest absolute Gasteiger partial charge is 0.250 e. The highest BCUT2D eigenvalue weighted by molar-refractivity contribution is 5.33. The summed E-state index contributed by atoms with van der Waals surface area (Å²) in [6, 6.07) is 3.12. The lowest BCUT2D eigenvalue weighted by Crippen LogP contribution is -2.26. The van der Waals surface area contributed by atoms with Crippen LogP contribution in [0.25, 0.3) is 0 Å². The summed E-state index contributed by atoms with van der Waals surface area (Å²) < 4.78 is 7.28. The predicted octanol–water partition coefficient (Wildman–Crippen LogP) is 0.998. The quantitative estimate of drug-likeness (QED) is 0.788. The van der Waals surface area contributed by atoms with Crippen molar-refractivity contribution in [3.8, 4) is 0 Å². The van der Waals surface area contributed by atoms with Crippen molar-refractivity contribution >= 4 is 5.69 Å². The molecule has 1 fully saturated rings. The second-order valence-corrected chi connectivity index (χ2v) is 4.10. The molecule has 82 valence electrons. The predicted molar refractivity (Wildman–Crippen MR) is 58.7 cm³/mol. The summed E-state index contributed by atoms with van der Waals surface area (Å²) in [6.07, 6.45) is 4.23. The Morgan fingerprint density at radius 2 is 2.33 bits per heavy atom. The SMILES string of the molecule is CC1CCC(Cn2cc(N)ccc2=O)O1. The molecule has 2 N–H and O–H groups in total. The highest BCUT2D eigenvalue weighted by atomic mass is 16.5. The molecule has 1 aliphatic rings. The second kappa shape index (κ2) is 4.06. The fourth-order valence-corrected chi connectivity index (χ4v) is 1.93. The first-order valence-electron chi connectivity index (χ1n) is 5.26. The Hall–Kier alpha value is -1.29. The van der Waals surface area contributed by atoms with Crippen LogP contribution in [0.3, 0.4) is 0 Å². The Labute approximate surface area is 88.7 Å². The molecule has 15 heavy (non-hydrogen) atoms. The fourth-order valence-electron chi connectivity index (χ4n) is 1.93. The van der Waals surface area contributed by atoms with Crippen LogP contribution >= 0.6 is 0 Å². The number of aromatic nitrogens is 1. The summed E-state index contributed by atoms with van der Waals surface area (Å²) in [5.74, 6) is 0. The van der Waals surface area contributed by atoms with Gasteiger partial charge in [0.25, 0.3) is 5.56 Å². The Morgan fingerprint density at radius 1 is 1.53 bits per heavy atom. The molecule has 0 spiro atoms. The highest BCUT2D eigenvalue weighted by Gasteiger charge is 2.22. The third kappa shape index (κ3) is 2.39. The van der Waals surface area contributed by atoms with Crippen molar-refractivity contribution in [2.24, 2.45) is 0 Å². The fraction of sp³-hybridized carbons (Fsp3) is 0.545. The van der Waals surface area contributed by atoms with Gasteiger partial charge in [-0.05, 0) is 25.8 Å². The monoisotopic (exact) mass is 208 g/mol. The van der Waals surface area contributed by atoms with Gasteiger partial charge in [-0.1, -0.05) is 0 Å². The number of nitrogens with zero attached hydrogens (tertiary/aromatic N) is 1. The maximum absolute atomic E-state index is 11.5. The minimum Gasteiger partial charge on any atom is -0.398 e. The molecule has 1 aliphatic heterocycles. The summed E-state index contributed by atoms with van der Waals surface area (Å²) in [4.78, 5) is 11.5. The van der Waals surface area contributed by atoms with E-state index in [0.29, 0.717) is 18.3 Å². The van der Waals surface area contributed by atoms with E-state index in [9.17, 15) is 4.79 Å². The molecule has 0 radical (unpaired) electrons. The van der Waals surface area contributed by atoms with Crippen molar-refractivity contribution in [3.05, 3.63) is 28.7 Å². The Morgan fingerprint density at radius 3 is 3.00 bits per heavy atom. The van der Waals surface area contributed by atoms with Crippen LogP contribution in [-0.4, -0.2) is 16.8 Å². The zero-order valence-electron chi connectivity index (χ0n) is 8.85. The molecule has 1 saturated heterocycles. The van der Waals surface area contributed by atoms with Gasteiger partial charge in [0.1, 0.15) is 0 Å². The van der Waals surface area contributed by atoms with Gasteiger partial charge in [0.2, 0.25) is 0 Å². The zero-order valence-corrected chi connectivity index (χ0v) is 8.85. The summed E-state index contributed by atoms with van der Waals surface area (Å²) in [5.41, 5.74) is 6.22. The summed E-state index contributed by atoms with van der Waals surface area (Å²) in [6.45, 7) is 2.66. The number of pyridine rings is 1. The van der Waals surface area contributed by atoms with Gasteiger partial charge in [-0.15, -0.1) is 0 Å². The van der Waals surface area contributed by atoms with Gasteiger partial charge in [-0.25, -0.2) is 0 Å². The van der Waals surface area contributed by atoms with Crippen molar-refractivity contribution < 1.29 is 4.74 Å². The standard InChI is InChI=1S/C11H16N2O2/c1-8-2-4-10(15-8)7-13-6-9(12)3-5-11(13)14/h3,5-6,8,10H,2,4,7,12H2,1H3. The second-order valence-electron chi connectivity index (χ2n) is 4.10. The largest absolute Gasteiger partial charge is 0.398 e. The molecule has 2 atom stereocenters. The molecular weight excluding hydrogens is 192 g/mol. The van der Waals surface area contributed by atoms with Crippen LogP contribution in [0.4, 0.5) is 5.69 Å². The number of nitrogen functional groups attached to an aromatic ring is 1. The zero-order chi connectivity index (χ0) is 10.8. The van der Waals surface area contributed by atoms with Gasteiger partial charge in [0.05, 0.1) is 18.8 Å². The minimum atomic E-state index is -0.0210. The van der Waals surface area contributed by atoms with Crippen molar-refractivity contribution in [1.82, 2.24) is 4.57 Å². The third-order valence-electron chi connectivity index (χ3n) is 2.73. The number of hydrogen-bond donors (Lipinski definition) is 1. The molecule has 2 rings (SSSR count). The maximum atomic E-state index is 11.5. The Balaban J connectivity index is 2.10. The highest BCUT2D eigenvalue weighted by Crippen LogP contribution is 2.19. The molecule has 2 heterocycles. The Kier molecular flexibility index (Phi) is 2.77. The minimum absolute atomic E-state index is 0.0210. The normalized spacial score (nSPS) is 25.7. The van der Waals surface area contributed by atoms with Gasteiger partial charge < -0.3 is 15.0 Å². The molecule has 0 amide bonds. The first-order chi connectivity index (χ1) is 7.15. The van der Waals surface area contributed by atoms with Gasteiger partial charge in [-0.2, -0.15) is 0 Å². The van der Waals surface area contributed by atoms with E-state index in [1.165, 1.54) is 6.07 Å². The van der Waals surface area contributed by atoms with E-state index >= 15 is 0 Å². The summed E-state index contributed by atoms with van der Waals surface area (Å²) >= 11 is 0. The van der Waals surface area contributed by atoms with E-state index < -0.39 is 0 Å². The first kappa shape index (κ1) is 10.2. The molecule has 0 bridgehead atoms. The number of nitrogens with two attached hydrogens (primary N) is 1. The van der Waals surface area contributed by atoms with Crippen LogP contribution in [0.2, 0.25) is 0 Å². The molecule has 4 nitrogen and oxygen atoms in total. The summed E-state index contributed by atoms with van der Waals surface area (Å²) in [7, 11) is 0. The number of hydrogen-bond acceptors (Lipinski definition) is 3. The first-order valence-corrected chi connectivity index (χ1v) is 5.26. The van der Waals surface area contributed by atoms with E-state index in [1.54, 1.807) is 16.8 Å². The molecule has 0 aromatic carbocycles. The summed E-state index contributed by atoms with van der Waals surface area (Å²) in [5, 5.41) is 0. The lowest BCUT2D eigenvalue weighted by atomic mass is 10.2. The maximum Gasteiger partial charge on any atom is 0.250 e. The molecule has 1 aromatic heterocycles. The topological polar surface area (TPSA) is 57.2 Å². The average Bonchev–Trinajstić information content (AvgIpc) is 2.58. The van der Waals surface area contributed by atoms with Gasteiger partial charge >= 0.3 is 0 Å². The van der Waals surface area contributed by atoms with Crippen LogP contribution in [0.5, 0.6) is 0 Å². The molecule has 1 aromatic rings. The molecule has 4 heteroatoms. The van der Waals surface area contributed by atoms with Crippen molar-refractivity contribution in [1.29, 1.82) is 0 Å². The van der Waals surface area contributed by atoms with Crippen LogP contribution in [0.15, 0.2) is 23.1 Å². The lowest BCUT2D eigenvalue weighted by molar-refractivity contribution is 0.0452. The van der Waals surface area contributed by atoms with Crippen LogP contribution in [0, 0.1) is 0 Å². The Bertz CT molecular complexity index is 400. The number of anilines is 1. The number of ether oxygens (including phenoxy) is 1. The van der Waals surface area contributed by atoms with Crippen molar-refractivity contribution in [2.45, 2.75) is 38.5 Å². The third-order valence-corrected chi connectivity index (χ3v) is 2.73. The van der Waals surface area contributed by atoms with Gasteiger partial charge in [-0.3, -0.25) is 4.79 Å². The van der Waals surface area contributed by atoms with E-state index in [4.69, 9.17) is 10.5 Å². The van der Waals surface area contributed by atoms with Crippen LogP contribution < -0.4 is 11.3 Å². The number of rotatable bonds is 2. The van der Waals surface area contributed by atoms with E-state index in [-0.39, 0.29) is 11.7 Å². The molecule has 2 unspecified atom stereocenters. The molecular formula is C11H16N2O2. The molecule has 0 aliphatic carbocycles. The molecule has 0 saturated carbocycles. The lowest BCUT2D eigenvalue weighted by Gasteiger charge is -2.13. The van der Waals surface area contributed by atoms with Crippen molar-refractivity contribution in [3.63, 3.8) is 0 Å². The average molecular weight is 208 g/mol. The van der Waals surface area contributed by atoms with E-state index in [0.717, 1.165) is 12.8 Å². The van der Waals surface area contributed by atoms with E-state index in [2.05, 4.69) is 6.92 Å². The van der Waals surface area contributed by atoms with Crippen LogP contribution in [-0.2, 0) is 11.3 Å². The van der Waals surface area contributed by atoms with Crippen molar-refractivity contribution in [2.75, 3.05) is 5.73 Å². The van der Waals surface area contributed by atoms with Crippen LogP contribution in [0.1, 0.15) is 19.8 Å².